The molecule has 5 N–H and O–H groups in total. The Morgan fingerprint density at radius 1 is 0.795 bits per heavy atom. The molecule has 24 heteroatoms. The van der Waals surface area contributed by atoms with E-state index in [1.807, 2.05) is 0 Å². The lowest BCUT2D eigenvalue weighted by molar-refractivity contribution is -0.236. The molecule has 4 aromatic rings. The van der Waals surface area contributed by atoms with Gasteiger partial charge in [-0.3, -0.25) is 22.7 Å². The number of nitrogen functional groups attached to an aromatic ring is 2. The molecule has 3 fully saturated rings. The molecule has 7 heterocycles. The van der Waals surface area contributed by atoms with E-state index in [0.29, 0.717) is 0 Å². The molecule has 0 aromatic carbocycles. The van der Waals surface area contributed by atoms with Crippen LogP contribution in [-0.4, -0.2) is 93.9 Å². The molecule has 0 radical (unpaired) electrons. The smallest absolute Gasteiger partial charge is 0.472 e. The van der Waals surface area contributed by atoms with Gasteiger partial charge in [-0.25, -0.2) is 43.2 Å². The first-order valence-electron chi connectivity index (χ1n) is 12.7. The fourth-order valence-corrected chi connectivity index (χ4v) is 6.97. The number of phosphoric acid groups is 2. The number of anilines is 2. The van der Waals surface area contributed by atoms with Crippen LogP contribution >= 0.6 is 15.6 Å². The van der Waals surface area contributed by atoms with Gasteiger partial charge in [-0.2, -0.15) is 0 Å². The summed E-state index contributed by atoms with van der Waals surface area (Å²) in [4.78, 5) is 47.3. The zero-order valence-electron chi connectivity index (χ0n) is 21.8. The van der Waals surface area contributed by atoms with E-state index in [1.165, 1.54) is 0 Å². The molecule has 236 valence electrons. The lowest BCUT2D eigenvalue weighted by atomic mass is 10.1. The van der Waals surface area contributed by atoms with E-state index in [-0.39, 0.29) is 34.0 Å². The van der Waals surface area contributed by atoms with Gasteiger partial charge in [0, 0.05) is 0 Å². The maximum absolute atomic E-state index is 15.7. The average Bonchev–Trinajstić information content (AvgIpc) is 3.73. The van der Waals surface area contributed by atoms with Crippen molar-refractivity contribution in [2.75, 3.05) is 24.7 Å². The molecule has 4 bridgehead atoms. The van der Waals surface area contributed by atoms with Crippen LogP contribution in [0.25, 0.3) is 22.3 Å². The van der Waals surface area contributed by atoms with Gasteiger partial charge >= 0.3 is 7.82 Å². The first-order chi connectivity index (χ1) is 20.9. The second kappa shape index (κ2) is 10.7. The van der Waals surface area contributed by atoms with Crippen LogP contribution in [0.1, 0.15) is 12.5 Å². The third kappa shape index (κ3) is 5.02. The van der Waals surface area contributed by atoms with E-state index >= 15 is 8.78 Å². The van der Waals surface area contributed by atoms with Gasteiger partial charge in [0.05, 0.1) is 25.9 Å². The topological polar surface area (TPSA) is 272 Å². The Bertz CT molecular complexity index is 1700. The Labute approximate surface area is 243 Å². The fraction of sp³-hybridized carbons (Fsp3) is 0.500. The maximum Gasteiger partial charge on any atom is 0.472 e. The number of nitrogens with two attached hydrogens (primary N) is 2. The van der Waals surface area contributed by atoms with Crippen LogP contribution in [-0.2, 0) is 36.7 Å². The van der Waals surface area contributed by atoms with Gasteiger partial charge in [0.15, 0.2) is 47.7 Å². The van der Waals surface area contributed by atoms with Crippen molar-refractivity contribution in [3.05, 3.63) is 25.3 Å². The van der Waals surface area contributed by atoms with Crippen LogP contribution in [0.4, 0.5) is 20.4 Å². The number of nitrogens with zero attached hydrogens (tertiary/aromatic N) is 8. The Morgan fingerprint density at radius 2 is 1.27 bits per heavy atom. The van der Waals surface area contributed by atoms with Gasteiger partial charge < -0.3 is 39.8 Å². The highest BCUT2D eigenvalue weighted by Crippen LogP contribution is 2.53. The molecule has 20 nitrogen and oxygen atoms in total. The minimum Gasteiger partial charge on any atom is -0.756 e. The van der Waals surface area contributed by atoms with Crippen LogP contribution in [0.5, 0.6) is 0 Å². The standard InChI is InChI=1S/C20H22F2N10O10P2/c21-9-7-1-37-43(33,34)41-14-10(22)8(40-20(14)32-6-30-12-16(24)26-4-28-18(12)32)2-38-44(35,36)42-13(9)19(39-7)31-5-29-11-15(23)25-3-27-17(11)31/h3-10,13-14,19-20H,1-2H2,(H,33,34)(H,35,36)(H2,23,25,27)(H2,24,26,28)/p-1/t7-,8-,9-,10-,13-,14-,19-,20-/m1/s1. The number of ether oxygens (including phenoxy) is 2. The van der Waals surface area contributed by atoms with E-state index in [2.05, 4.69) is 29.9 Å². The number of hydrogen-bond acceptors (Lipinski definition) is 17. The van der Waals surface area contributed by atoms with Crippen LogP contribution in [0, 0.1) is 0 Å². The van der Waals surface area contributed by atoms with Gasteiger partial charge in [-0.15, -0.1) is 0 Å². The lowest BCUT2D eigenvalue weighted by Gasteiger charge is -2.30. The molecule has 0 amide bonds. The minimum absolute atomic E-state index is 0.0198. The van der Waals surface area contributed by atoms with Crippen molar-refractivity contribution in [2.24, 2.45) is 0 Å². The normalized spacial score (nSPS) is 38.3. The summed E-state index contributed by atoms with van der Waals surface area (Å²) in [7, 11) is -10.6. The molecular weight excluding hydrogens is 640 g/mol. The molecule has 3 aliphatic rings. The van der Waals surface area contributed by atoms with Crippen LogP contribution < -0.4 is 16.4 Å². The van der Waals surface area contributed by atoms with E-state index in [4.69, 9.17) is 39.0 Å². The molecule has 3 saturated heterocycles. The molecule has 0 spiro atoms. The summed E-state index contributed by atoms with van der Waals surface area (Å²) in [6, 6.07) is 0. The second-order valence-electron chi connectivity index (χ2n) is 9.83. The Balaban J connectivity index is 1.22. The molecule has 7 rings (SSSR count). The quantitative estimate of drug-likeness (QED) is 0.232. The van der Waals surface area contributed by atoms with Crippen molar-refractivity contribution < 1.29 is 55.3 Å². The SMILES string of the molecule is Nc1ncnc2c1ncn2[C@@H]1O[C@@H]2COP(=O)(O)O[C@@H]3[C@H](F)[C@@H](COP(=O)([O-])O[C@@H]1[C@@H]2F)O[C@H]3n1cnc2c(N)ncnc21. The lowest BCUT2D eigenvalue weighted by Crippen LogP contribution is -2.36. The number of fused-ring (bicyclic) bond motifs is 6. The number of alkyl halides is 2. The summed E-state index contributed by atoms with van der Waals surface area (Å²) in [5.41, 5.74) is 11.9. The summed E-state index contributed by atoms with van der Waals surface area (Å²) in [6.07, 6.45) is -10.4. The molecule has 3 aliphatic heterocycles. The summed E-state index contributed by atoms with van der Waals surface area (Å²) >= 11 is 0. The zero-order valence-corrected chi connectivity index (χ0v) is 23.6. The molecule has 44 heavy (non-hydrogen) atoms. The van der Waals surface area contributed by atoms with Gasteiger partial charge in [-0.1, -0.05) is 0 Å². The Morgan fingerprint density at radius 3 is 1.80 bits per heavy atom. The van der Waals surface area contributed by atoms with Crippen molar-refractivity contribution >= 4 is 49.6 Å². The zero-order chi connectivity index (χ0) is 31.0. The van der Waals surface area contributed by atoms with Crippen LogP contribution in [0.2, 0.25) is 0 Å². The highest BCUT2D eigenvalue weighted by atomic mass is 31.2. The van der Waals surface area contributed by atoms with E-state index in [0.717, 1.165) is 34.4 Å². The molecular formula is C20H21F2N10O10P2-. The number of imidazole rings is 2. The summed E-state index contributed by atoms with van der Waals surface area (Å²) in [5.74, 6) is -0.0436. The molecule has 10 atom stereocenters. The number of hydrogen-bond donors (Lipinski definition) is 3. The Kier molecular flexibility index (Phi) is 7.12. The number of phosphoric ester groups is 2. The van der Waals surface area contributed by atoms with E-state index < -0.39 is 78.1 Å². The van der Waals surface area contributed by atoms with Gasteiger partial charge in [0.25, 0.3) is 7.82 Å². The molecule has 4 aromatic heterocycles. The predicted molar refractivity (Wildman–Crippen MR) is 136 cm³/mol. The van der Waals surface area contributed by atoms with Crippen molar-refractivity contribution in [3.8, 4) is 0 Å². The van der Waals surface area contributed by atoms with Gasteiger partial charge in [0.1, 0.15) is 48.1 Å². The fourth-order valence-electron chi connectivity index (χ4n) is 5.14. The Hall–Kier alpha value is -3.30. The molecule has 0 saturated carbocycles. The van der Waals surface area contributed by atoms with Gasteiger partial charge in [-0.05, 0) is 0 Å². The monoisotopic (exact) mass is 661 g/mol. The predicted octanol–water partition coefficient (Wildman–Crippen LogP) is -0.312. The summed E-state index contributed by atoms with van der Waals surface area (Å²) < 4.78 is 91.2. The van der Waals surface area contributed by atoms with Crippen molar-refractivity contribution in [3.63, 3.8) is 0 Å². The third-order valence-corrected chi connectivity index (χ3v) is 9.11. The maximum atomic E-state index is 15.7. The minimum atomic E-state index is -5.42. The highest BCUT2D eigenvalue weighted by molar-refractivity contribution is 7.47. The number of rotatable bonds is 2. The van der Waals surface area contributed by atoms with E-state index in [9.17, 15) is 18.9 Å². The summed E-state index contributed by atoms with van der Waals surface area (Å²) in [6.45, 7) is -1.97. The molecule has 2 unspecified atom stereocenters. The first-order valence-corrected chi connectivity index (χ1v) is 15.6. The molecule has 0 aliphatic carbocycles. The second-order valence-corrected chi connectivity index (χ2v) is 12.6. The highest BCUT2D eigenvalue weighted by Gasteiger charge is 2.54. The van der Waals surface area contributed by atoms with Crippen LogP contribution in [0.3, 0.4) is 0 Å². The summed E-state index contributed by atoms with van der Waals surface area (Å²) in [5, 5.41) is 0. The number of halogens is 2. The van der Waals surface area contributed by atoms with Crippen LogP contribution in [0.15, 0.2) is 25.3 Å². The first kappa shape index (κ1) is 29.4. The van der Waals surface area contributed by atoms with Crippen molar-refractivity contribution in [1.82, 2.24) is 39.0 Å². The third-order valence-electron chi connectivity index (χ3n) is 7.16. The van der Waals surface area contributed by atoms with Crippen molar-refractivity contribution in [2.45, 2.75) is 49.2 Å². The van der Waals surface area contributed by atoms with Gasteiger partial charge in [0.2, 0.25) is 0 Å². The largest absolute Gasteiger partial charge is 0.756 e. The van der Waals surface area contributed by atoms with Crippen molar-refractivity contribution in [1.29, 1.82) is 0 Å². The average molecular weight is 661 g/mol. The number of aromatic nitrogens is 8. The van der Waals surface area contributed by atoms with E-state index in [1.54, 1.807) is 0 Å².